The molecule has 0 radical (unpaired) electrons. The van der Waals surface area contributed by atoms with E-state index in [1.54, 1.807) is 6.07 Å². The molecule has 0 amide bonds. The van der Waals surface area contributed by atoms with Crippen molar-refractivity contribution in [3.63, 3.8) is 0 Å². The molecule has 4 nitrogen and oxygen atoms in total. The van der Waals surface area contributed by atoms with E-state index in [1.165, 1.54) is 12.1 Å². The second-order valence-electron chi connectivity index (χ2n) is 3.08. The van der Waals surface area contributed by atoms with Gasteiger partial charge >= 0.3 is 0 Å². The van der Waals surface area contributed by atoms with E-state index in [9.17, 15) is 10.1 Å². The number of benzene rings is 1. The molecule has 1 aliphatic carbocycles. The normalized spacial score (nSPS) is 14.3. The van der Waals surface area contributed by atoms with Gasteiger partial charge in [0.05, 0.1) is 4.92 Å². The highest BCUT2D eigenvalue weighted by atomic mass is 16.6. The number of fused-ring (bicyclic) bond motifs is 1. The van der Waals surface area contributed by atoms with E-state index in [1.807, 2.05) is 0 Å². The summed E-state index contributed by atoms with van der Waals surface area (Å²) < 4.78 is 0. The molecule has 1 aliphatic rings. The second kappa shape index (κ2) is 2.65. The Balaban J connectivity index is 2.54. The summed E-state index contributed by atoms with van der Waals surface area (Å²) in [5, 5.41) is 18.0. The molecule has 1 aromatic carbocycles. The smallest absolute Gasteiger partial charge is 0.270 e. The first kappa shape index (κ1) is 7.91. The number of nitrogens with zero attached hydrogens (tertiary/aromatic N) is 1. The van der Waals surface area contributed by atoms with Crippen LogP contribution in [-0.2, 0) is 6.42 Å². The van der Waals surface area contributed by atoms with Crippen LogP contribution in [0.15, 0.2) is 18.2 Å². The lowest BCUT2D eigenvalue weighted by molar-refractivity contribution is -0.384. The average Bonchev–Trinajstić information content (AvgIpc) is 2.47. The molecule has 0 fully saturated rings. The fraction of sp³-hybridized carbons (Fsp3) is 0.222. The zero-order valence-electron chi connectivity index (χ0n) is 6.91. The molecule has 0 atom stereocenters. The van der Waals surface area contributed by atoms with Gasteiger partial charge in [-0.2, -0.15) is 0 Å². The van der Waals surface area contributed by atoms with E-state index in [-0.39, 0.29) is 5.69 Å². The number of hydrogen-bond donors (Lipinski definition) is 1. The van der Waals surface area contributed by atoms with Crippen LogP contribution in [0.2, 0.25) is 0 Å². The van der Waals surface area contributed by atoms with Gasteiger partial charge in [0.25, 0.3) is 5.69 Å². The molecule has 0 heterocycles. The molecule has 2 rings (SSSR count). The van der Waals surface area contributed by atoms with E-state index in [4.69, 9.17) is 5.41 Å². The number of rotatable bonds is 1. The summed E-state index contributed by atoms with van der Waals surface area (Å²) in [5.74, 6) is 0. The number of aryl methyl sites for hydroxylation is 1. The van der Waals surface area contributed by atoms with Crippen molar-refractivity contribution < 1.29 is 4.92 Å². The van der Waals surface area contributed by atoms with Crippen molar-refractivity contribution in [1.82, 2.24) is 0 Å². The second-order valence-corrected chi connectivity index (χ2v) is 3.08. The van der Waals surface area contributed by atoms with Crippen molar-refractivity contribution in [1.29, 1.82) is 5.41 Å². The molecule has 66 valence electrons. The Morgan fingerprint density at radius 3 is 2.85 bits per heavy atom. The minimum atomic E-state index is -0.425. The summed E-state index contributed by atoms with van der Waals surface area (Å²) in [5.41, 5.74) is 2.38. The molecule has 1 N–H and O–H groups in total. The highest BCUT2D eigenvalue weighted by Crippen LogP contribution is 2.25. The van der Waals surface area contributed by atoms with Gasteiger partial charge in [0, 0.05) is 23.4 Å². The van der Waals surface area contributed by atoms with E-state index in [2.05, 4.69) is 0 Å². The fourth-order valence-electron chi connectivity index (χ4n) is 1.57. The van der Waals surface area contributed by atoms with Crippen molar-refractivity contribution in [2.24, 2.45) is 0 Å². The Kier molecular flexibility index (Phi) is 1.62. The summed E-state index contributed by atoms with van der Waals surface area (Å²) in [4.78, 5) is 10.0. The lowest BCUT2D eigenvalue weighted by Crippen LogP contribution is -1.94. The van der Waals surface area contributed by atoms with Gasteiger partial charge in [-0.15, -0.1) is 0 Å². The minimum absolute atomic E-state index is 0.0744. The number of nitro benzene ring substituents is 1. The van der Waals surface area contributed by atoms with Crippen LogP contribution in [-0.4, -0.2) is 10.6 Å². The van der Waals surface area contributed by atoms with Crippen molar-refractivity contribution in [3.8, 4) is 0 Å². The Labute approximate surface area is 74.9 Å². The van der Waals surface area contributed by atoms with E-state index in [0.29, 0.717) is 12.1 Å². The maximum Gasteiger partial charge on any atom is 0.270 e. The quantitative estimate of drug-likeness (QED) is 0.524. The summed E-state index contributed by atoms with van der Waals surface area (Å²) in [6.45, 7) is 0. The predicted octanol–water partition coefficient (Wildman–Crippen LogP) is 1.91. The molecule has 4 heteroatoms. The monoisotopic (exact) mass is 176 g/mol. The van der Waals surface area contributed by atoms with Gasteiger partial charge in [-0.05, 0) is 18.4 Å². The van der Waals surface area contributed by atoms with Crippen LogP contribution >= 0.6 is 0 Å². The number of nitro groups is 1. The first-order valence-corrected chi connectivity index (χ1v) is 4.03. The number of hydrogen-bond acceptors (Lipinski definition) is 3. The third-order valence-corrected chi connectivity index (χ3v) is 2.27. The van der Waals surface area contributed by atoms with Crippen LogP contribution in [0.4, 0.5) is 5.69 Å². The SMILES string of the molecule is N=C1CCc2ccc([N+](=O)[O-])cc21. The first-order valence-electron chi connectivity index (χ1n) is 4.03. The van der Waals surface area contributed by atoms with E-state index >= 15 is 0 Å². The predicted molar refractivity (Wildman–Crippen MR) is 48.2 cm³/mol. The van der Waals surface area contributed by atoms with E-state index in [0.717, 1.165) is 17.5 Å². The Morgan fingerprint density at radius 1 is 1.38 bits per heavy atom. The Hall–Kier alpha value is -1.71. The molecule has 0 spiro atoms. The third-order valence-electron chi connectivity index (χ3n) is 2.27. The zero-order chi connectivity index (χ0) is 9.42. The lowest BCUT2D eigenvalue weighted by atomic mass is 10.1. The van der Waals surface area contributed by atoms with Gasteiger partial charge in [-0.3, -0.25) is 10.1 Å². The van der Waals surface area contributed by atoms with Crippen molar-refractivity contribution >= 4 is 11.4 Å². The molecule has 0 unspecified atom stereocenters. The van der Waals surface area contributed by atoms with E-state index < -0.39 is 4.92 Å². The minimum Gasteiger partial charge on any atom is -0.305 e. The average molecular weight is 176 g/mol. The highest BCUT2D eigenvalue weighted by molar-refractivity contribution is 6.02. The van der Waals surface area contributed by atoms with Crippen molar-refractivity contribution in [2.45, 2.75) is 12.8 Å². The summed E-state index contributed by atoms with van der Waals surface area (Å²) in [6.07, 6.45) is 1.54. The summed E-state index contributed by atoms with van der Waals surface area (Å²) >= 11 is 0. The van der Waals surface area contributed by atoms with Crippen molar-refractivity contribution in [2.75, 3.05) is 0 Å². The summed E-state index contributed by atoms with van der Waals surface area (Å²) in [6, 6.07) is 4.73. The highest BCUT2D eigenvalue weighted by Gasteiger charge is 2.19. The Bertz CT molecular complexity index is 399. The van der Waals surface area contributed by atoms with Gasteiger partial charge in [0.2, 0.25) is 0 Å². The van der Waals surface area contributed by atoms with Gasteiger partial charge in [0.15, 0.2) is 0 Å². The molecule has 0 bridgehead atoms. The molecule has 1 aromatic rings. The van der Waals surface area contributed by atoms with Crippen LogP contribution in [0.3, 0.4) is 0 Å². The Morgan fingerprint density at radius 2 is 2.15 bits per heavy atom. The molecular formula is C9H8N2O2. The largest absolute Gasteiger partial charge is 0.305 e. The fourth-order valence-corrected chi connectivity index (χ4v) is 1.57. The molecule has 0 saturated carbocycles. The standard InChI is InChI=1S/C9H8N2O2/c10-9-4-2-6-1-3-7(11(12)13)5-8(6)9/h1,3,5,10H,2,4H2. The molecule has 13 heavy (non-hydrogen) atoms. The van der Waals surface area contributed by atoms with Gasteiger partial charge in [-0.1, -0.05) is 6.07 Å². The van der Waals surface area contributed by atoms with Gasteiger partial charge < -0.3 is 5.41 Å². The van der Waals surface area contributed by atoms with Gasteiger partial charge in [0.1, 0.15) is 0 Å². The third kappa shape index (κ3) is 1.20. The zero-order valence-corrected chi connectivity index (χ0v) is 6.91. The molecule has 0 saturated heterocycles. The molecule has 0 aliphatic heterocycles. The van der Waals surface area contributed by atoms with Crippen LogP contribution in [0.5, 0.6) is 0 Å². The first-order chi connectivity index (χ1) is 6.18. The van der Waals surface area contributed by atoms with Gasteiger partial charge in [-0.25, -0.2) is 0 Å². The van der Waals surface area contributed by atoms with Crippen LogP contribution in [0.25, 0.3) is 0 Å². The molecule has 0 aromatic heterocycles. The topological polar surface area (TPSA) is 67.0 Å². The van der Waals surface area contributed by atoms with Crippen LogP contribution in [0, 0.1) is 15.5 Å². The maximum absolute atomic E-state index is 10.4. The van der Waals surface area contributed by atoms with Crippen LogP contribution < -0.4 is 0 Å². The lowest BCUT2D eigenvalue weighted by Gasteiger charge is -1.97. The number of non-ortho nitro benzene ring substituents is 1. The summed E-state index contributed by atoms with van der Waals surface area (Å²) in [7, 11) is 0. The number of nitrogens with one attached hydrogen (secondary N) is 1. The maximum atomic E-state index is 10.4. The molecular weight excluding hydrogens is 168 g/mol. The van der Waals surface area contributed by atoms with Crippen molar-refractivity contribution in [3.05, 3.63) is 39.4 Å². The van der Waals surface area contributed by atoms with Crippen LogP contribution in [0.1, 0.15) is 17.5 Å².